The van der Waals surface area contributed by atoms with E-state index in [1.54, 1.807) is 7.11 Å². The third-order valence-electron chi connectivity index (χ3n) is 3.36. The zero-order chi connectivity index (χ0) is 13.9. The molecule has 1 atom stereocenters. The molecule has 1 rings (SSSR count). The van der Waals surface area contributed by atoms with Crippen molar-refractivity contribution in [1.82, 2.24) is 0 Å². The van der Waals surface area contributed by atoms with E-state index in [2.05, 4.69) is 24.8 Å². The lowest BCUT2D eigenvalue weighted by molar-refractivity contribution is 0.267. The summed E-state index contributed by atoms with van der Waals surface area (Å²) in [5.74, 6) is 0.941. The van der Waals surface area contributed by atoms with Gasteiger partial charge in [-0.05, 0) is 43.5 Å². The third-order valence-corrected chi connectivity index (χ3v) is 3.36. The molecule has 18 heavy (non-hydrogen) atoms. The number of benzene rings is 1. The summed E-state index contributed by atoms with van der Waals surface area (Å²) in [6.45, 7) is 6.80. The number of hydrogen-bond acceptors (Lipinski definition) is 4. The molecule has 4 nitrogen and oxygen atoms in total. The number of anilines is 1. The van der Waals surface area contributed by atoms with Crippen LogP contribution in [0.3, 0.4) is 0 Å². The Morgan fingerprint density at radius 2 is 1.94 bits per heavy atom. The number of nitrogens with two attached hydrogens (primary N) is 1. The van der Waals surface area contributed by atoms with Crippen LogP contribution in [-0.4, -0.2) is 38.5 Å². The van der Waals surface area contributed by atoms with Gasteiger partial charge in [0.15, 0.2) is 0 Å². The van der Waals surface area contributed by atoms with E-state index in [-0.39, 0.29) is 12.6 Å². The van der Waals surface area contributed by atoms with Crippen LogP contribution in [0.2, 0.25) is 0 Å². The number of hydrogen-bond donors (Lipinski definition) is 2. The van der Waals surface area contributed by atoms with Gasteiger partial charge in [0.2, 0.25) is 0 Å². The molecule has 0 aromatic heterocycles. The van der Waals surface area contributed by atoms with Crippen molar-refractivity contribution < 1.29 is 9.84 Å². The fourth-order valence-electron chi connectivity index (χ4n) is 2.26. The smallest absolute Gasteiger partial charge is 0.125 e. The molecule has 0 spiro atoms. The summed E-state index contributed by atoms with van der Waals surface area (Å²) >= 11 is 0. The molecule has 0 amide bonds. The molecule has 0 saturated carbocycles. The highest BCUT2D eigenvalue weighted by molar-refractivity contribution is 5.62. The molecule has 102 valence electrons. The van der Waals surface area contributed by atoms with Crippen molar-refractivity contribution in [3.05, 3.63) is 22.8 Å². The summed E-state index contributed by atoms with van der Waals surface area (Å²) in [7, 11) is 3.68. The van der Waals surface area contributed by atoms with Crippen LogP contribution in [0.25, 0.3) is 0 Å². The Labute approximate surface area is 109 Å². The van der Waals surface area contributed by atoms with Crippen LogP contribution in [0.15, 0.2) is 6.07 Å². The van der Waals surface area contributed by atoms with Gasteiger partial charge < -0.3 is 20.5 Å². The summed E-state index contributed by atoms with van der Waals surface area (Å²) in [5, 5.41) is 9.02. The summed E-state index contributed by atoms with van der Waals surface area (Å²) in [5.41, 5.74) is 10.4. The Morgan fingerprint density at radius 1 is 1.33 bits per heavy atom. The quantitative estimate of drug-likeness (QED) is 0.831. The van der Waals surface area contributed by atoms with Gasteiger partial charge in [-0.3, -0.25) is 0 Å². The standard InChI is InChI=1S/C14H24N2O2/c1-9-6-13(16(4)7-12(15)8-17)10(2)11(3)14(9)18-5/h6,12,17H,7-8,15H2,1-5H3. The third kappa shape index (κ3) is 2.94. The van der Waals surface area contributed by atoms with Gasteiger partial charge in [-0.2, -0.15) is 0 Å². The highest BCUT2D eigenvalue weighted by atomic mass is 16.5. The minimum atomic E-state index is -0.225. The fraction of sp³-hybridized carbons (Fsp3) is 0.571. The van der Waals surface area contributed by atoms with Gasteiger partial charge in [0.05, 0.1) is 13.7 Å². The summed E-state index contributed by atoms with van der Waals surface area (Å²) in [6.07, 6.45) is 0. The van der Waals surface area contributed by atoms with Crippen molar-refractivity contribution in [2.24, 2.45) is 5.73 Å². The van der Waals surface area contributed by atoms with Crippen LogP contribution in [0.4, 0.5) is 5.69 Å². The minimum Gasteiger partial charge on any atom is -0.496 e. The first-order valence-electron chi connectivity index (χ1n) is 6.14. The number of aryl methyl sites for hydroxylation is 1. The van der Waals surface area contributed by atoms with E-state index in [0.29, 0.717) is 6.54 Å². The van der Waals surface area contributed by atoms with Gasteiger partial charge in [-0.25, -0.2) is 0 Å². The van der Waals surface area contributed by atoms with Crippen LogP contribution in [0.5, 0.6) is 5.75 Å². The zero-order valence-electron chi connectivity index (χ0n) is 11.9. The zero-order valence-corrected chi connectivity index (χ0v) is 11.9. The molecule has 0 aliphatic rings. The lowest BCUT2D eigenvalue weighted by Gasteiger charge is -2.26. The molecule has 1 unspecified atom stereocenters. The molecule has 0 heterocycles. The van der Waals surface area contributed by atoms with Gasteiger partial charge >= 0.3 is 0 Å². The number of methoxy groups -OCH3 is 1. The van der Waals surface area contributed by atoms with Crippen LogP contribution < -0.4 is 15.4 Å². The van der Waals surface area contributed by atoms with Crippen molar-refractivity contribution in [3.63, 3.8) is 0 Å². The molecule has 0 fully saturated rings. The van der Waals surface area contributed by atoms with E-state index in [0.717, 1.165) is 22.6 Å². The SMILES string of the molecule is COc1c(C)cc(N(C)CC(N)CO)c(C)c1C. The highest BCUT2D eigenvalue weighted by Crippen LogP contribution is 2.32. The predicted octanol–water partition coefficient (Wildman–Crippen LogP) is 1.38. The fourth-order valence-corrected chi connectivity index (χ4v) is 2.26. The first-order valence-corrected chi connectivity index (χ1v) is 6.14. The Hall–Kier alpha value is -1.26. The van der Waals surface area contributed by atoms with Crippen molar-refractivity contribution >= 4 is 5.69 Å². The van der Waals surface area contributed by atoms with E-state index in [1.165, 1.54) is 5.56 Å². The molecule has 3 N–H and O–H groups in total. The maximum Gasteiger partial charge on any atom is 0.125 e. The summed E-state index contributed by atoms with van der Waals surface area (Å²) in [4.78, 5) is 2.08. The first-order chi connectivity index (χ1) is 8.42. The predicted molar refractivity (Wildman–Crippen MR) is 75.5 cm³/mol. The van der Waals surface area contributed by atoms with Crippen LogP contribution in [0, 0.1) is 20.8 Å². The van der Waals surface area contributed by atoms with Crippen molar-refractivity contribution in [3.8, 4) is 5.75 Å². The maximum atomic E-state index is 9.02. The van der Waals surface area contributed by atoms with Crippen LogP contribution in [-0.2, 0) is 0 Å². The molecular formula is C14H24N2O2. The van der Waals surface area contributed by atoms with E-state index in [4.69, 9.17) is 15.6 Å². The monoisotopic (exact) mass is 252 g/mol. The molecule has 0 radical (unpaired) electrons. The Kier molecular flexibility index (Phi) is 4.99. The van der Waals surface area contributed by atoms with Crippen molar-refractivity contribution in [2.45, 2.75) is 26.8 Å². The van der Waals surface area contributed by atoms with E-state index >= 15 is 0 Å². The van der Waals surface area contributed by atoms with Gasteiger partial charge in [0.1, 0.15) is 5.75 Å². The minimum absolute atomic E-state index is 0.00247. The second kappa shape index (κ2) is 6.07. The Balaban J connectivity index is 3.10. The highest BCUT2D eigenvalue weighted by Gasteiger charge is 2.14. The molecule has 1 aromatic rings. The number of likely N-dealkylation sites (N-methyl/N-ethyl adjacent to an activating group) is 1. The molecule has 0 aliphatic heterocycles. The van der Waals surface area contributed by atoms with Crippen molar-refractivity contribution in [1.29, 1.82) is 0 Å². The maximum absolute atomic E-state index is 9.02. The van der Waals surface area contributed by atoms with Crippen molar-refractivity contribution in [2.75, 3.05) is 32.2 Å². The number of ether oxygens (including phenoxy) is 1. The average Bonchev–Trinajstić information content (AvgIpc) is 2.34. The van der Waals surface area contributed by atoms with E-state index in [9.17, 15) is 0 Å². The topological polar surface area (TPSA) is 58.7 Å². The molecule has 1 aromatic carbocycles. The second-order valence-electron chi connectivity index (χ2n) is 4.82. The molecule has 0 bridgehead atoms. The van der Waals surface area contributed by atoms with Gasteiger partial charge in [0.25, 0.3) is 0 Å². The largest absolute Gasteiger partial charge is 0.496 e. The van der Waals surface area contributed by atoms with E-state index in [1.807, 2.05) is 14.0 Å². The lowest BCUT2D eigenvalue weighted by Crippen LogP contribution is -2.38. The number of aliphatic hydroxyl groups is 1. The number of nitrogens with zero attached hydrogens (tertiary/aromatic N) is 1. The number of aliphatic hydroxyl groups excluding tert-OH is 1. The Morgan fingerprint density at radius 3 is 2.44 bits per heavy atom. The van der Waals surface area contributed by atoms with Gasteiger partial charge in [-0.15, -0.1) is 0 Å². The van der Waals surface area contributed by atoms with Crippen LogP contribution >= 0.6 is 0 Å². The lowest BCUT2D eigenvalue weighted by atomic mass is 10.0. The summed E-state index contributed by atoms with van der Waals surface area (Å²) in [6, 6.07) is 1.88. The first kappa shape index (κ1) is 14.8. The molecule has 0 saturated heterocycles. The molecule has 0 aliphatic carbocycles. The van der Waals surface area contributed by atoms with Gasteiger partial charge in [0, 0.05) is 25.3 Å². The molecular weight excluding hydrogens is 228 g/mol. The normalized spacial score (nSPS) is 12.4. The van der Waals surface area contributed by atoms with Gasteiger partial charge in [-0.1, -0.05) is 0 Å². The molecule has 4 heteroatoms. The Bertz CT molecular complexity index is 419. The summed E-state index contributed by atoms with van der Waals surface area (Å²) < 4.78 is 5.41. The van der Waals surface area contributed by atoms with Crippen LogP contribution in [0.1, 0.15) is 16.7 Å². The second-order valence-corrected chi connectivity index (χ2v) is 4.82. The van der Waals surface area contributed by atoms with E-state index < -0.39 is 0 Å². The average molecular weight is 252 g/mol. The number of rotatable bonds is 5.